The van der Waals surface area contributed by atoms with Crippen molar-refractivity contribution in [1.82, 2.24) is 0 Å². The second kappa shape index (κ2) is 17.3. The molecule has 22 heavy (non-hydrogen) atoms. The summed E-state index contributed by atoms with van der Waals surface area (Å²) in [4.78, 5) is 10.1. The largest absolute Gasteiger partial charge is 0.545 e. The van der Waals surface area contributed by atoms with E-state index in [1.54, 1.807) is 18.2 Å². The van der Waals surface area contributed by atoms with Crippen LogP contribution in [-0.4, -0.2) is 41.8 Å². The first-order valence-corrected chi connectivity index (χ1v) is 10.3. The van der Waals surface area contributed by atoms with Crippen LogP contribution in [0, 0.1) is 0 Å². The van der Waals surface area contributed by atoms with Gasteiger partial charge >= 0.3 is 109 Å². The van der Waals surface area contributed by atoms with Gasteiger partial charge in [0.25, 0.3) is 0 Å². The van der Waals surface area contributed by atoms with Gasteiger partial charge in [0.1, 0.15) is 0 Å². The zero-order chi connectivity index (χ0) is 16.5. The molecule has 0 bridgehead atoms. The van der Waals surface area contributed by atoms with Gasteiger partial charge in [-0.05, 0) is 5.56 Å². The Morgan fingerprint density at radius 3 is 1.68 bits per heavy atom. The number of carboxylic acids is 1. The van der Waals surface area contributed by atoms with Gasteiger partial charge in [-0.15, -0.1) is 0 Å². The fraction of sp³-hybridized carbons (Fsp3) is 0.632. The van der Waals surface area contributed by atoms with E-state index in [1.807, 2.05) is 0 Å². The van der Waals surface area contributed by atoms with E-state index in [0.717, 1.165) is 0 Å². The normalized spacial score (nSPS) is 9.95. The van der Waals surface area contributed by atoms with Crippen LogP contribution < -0.4 is 5.11 Å². The van der Waals surface area contributed by atoms with Gasteiger partial charge in [-0.25, -0.2) is 0 Å². The summed E-state index contributed by atoms with van der Waals surface area (Å²) >= 11 is 1.50. The molecule has 0 aliphatic carbocycles. The minimum atomic E-state index is -1.13. The van der Waals surface area contributed by atoms with Crippen LogP contribution in [0.25, 0.3) is 0 Å². The van der Waals surface area contributed by atoms with Crippen molar-refractivity contribution < 1.29 is 9.90 Å². The van der Waals surface area contributed by atoms with Crippen molar-refractivity contribution in [2.24, 2.45) is 0 Å². The van der Waals surface area contributed by atoms with Crippen LogP contribution in [0.1, 0.15) is 81.5 Å². The molecular formula is C19H30CaO2. The van der Waals surface area contributed by atoms with Crippen molar-refractivity contribution in [2.45, 2.75) is 73.6 Å². The Morgan fingerprint density at radius 2 is 1.32 bits per heavy atom. The number of aromatic carboxylic acids is 1. The van der Waals surface area contributed by atoms with Crippen LogP contribution in [0.15, 0.2) is 30.3 Å². The molecule has 120 valence electrons. The number of hydrogen-bond donors (Lipinski definition) is 0. The molecule has 3 heteroatoms. The molecule has 0 fully saturated rings. The number of rotatable bonds is 11. The monoisotopic (exact) mass is 330 g/mol. The molecule has 0 radical (unpaired) electrons. The van der Waals surface area contributed by atoms with Gasteiger partial charge in [0.05, 0.1) is 5.97 Å². The first-order chi connectivity index (χ1) is 10.7. The van der Waals surface area contributed by atoms with Gasteiger partial charge in [-0.2, -0.15) is 0 Å². The summed E-state index contributed by atoms with van der Waals surface area (Å²) in [6.45, 7) is 2.29. The topological polar surface area (TPSA) is 40.1 Å². The zero-order valence-corrected chi connectivity index (χ0v) is 16.4. The molecule has 0 heterocycles. The average molecular weight is 331 g/mol. The van der Waals surface area contributed by atoms with E-state index in [4.69, 9.17) is 0 Å². The van der Waals surface area contributed by atoms with Crippen LogP contribution >= 0.6 is 0 Å². The van der Waals surface area contributed by atoms with Crippen LogP contribution in [0.5, 0.6) is 0 Å². The first-order valence-electron chi connectivity index (χ1n) is 8.78. The second-order valence-corrected chi connectivity index (χ2v) is 6.79. The molecule has 0 aromatic heterocycles. The van der Waals surface area contributed by atoms with Gasteiger partial charge in [-0.3, -0.25) is 0 Å². The predicted molar refractivity (Wildman–Crippen MR) is 93.2 cm³/mol. The minimum Gasteiger partial charge on any atom is -0.545 e. The molecule has 2 nitrogen and oxygen atoms in total. The average Bonchev–Trinajstić information content (AvgIpc) is 2.55. The molecule has 0 atom stereocenters. The van der Waals surface area contributed by atoms with Crippen LogP contribution in [0.2, 0.25) is 2.52 Å². The van der Waals surface area contributed by atoms with Crippen LogP contribution in [0.3, 0.4) is 0 Å². The second-order valence-electron chi connectivity index (χ2n) is 5.69. The molecule has 0 amide bonds. The molecule has 0 saturated carbocycles. The molecule has 0 aliphatic heterocycles. The Morgan fingerprint density at radius 1 is 0.864 bits per heavy atom. The van der Waals surface area contributed by atoms with Crippen molar-refractivity contribution in [1.29, 1.82) is 0 Å². The van der Waals surface area contributed by atoms with E-state index >= 15 is 0 Å². The fourth-order valence-electron chi connectivity index (χ4n) is 2.24. The summed E-state index contributed by atoms with van der Waals surface area (Å²) in [6.07, 6.45) is 14.7. The van der Waals surface area contributed by atoms with Crippen molar-refractivity contribution in [2.75, 3.05) is 0 Å². The maximum absolute atomic E-state index is 10.1. The van der Waals surface area contributed by atoms with E-state index in [1.165, 1.54) is 115 Å². The summed E-state index contributed by atoms with van der Waals surface area (Å²) in [5.74, 6) is -1.13. The third-order valence-corrected chi connectivity index (χ3v) is 4.39. The molecule has 1 aromatic rings. The molecule has 0 aliphatic rings. The Balaban J connectivity index is 0.000000425. The molecular weight excluding hydrogens is 300 g/mol. The number of hydrogen-bond acceptors (Lipinski definition) is 2. The SMILES string of the molecule is CCCCCCCCCCC[CH2][Ca+].O=C([O-])c1ccccc1. The molecule has 0 saturated heterocycles. The summed E-state index contributed by atoms with van der Waals surface area (Å²) in [5, 5.41) is 10.1. The third-order valence-electron chi connectivity index (χ3n) is 3.61. The zero-order valence-electron chi connectivity index (χ0n) is 14.2. The van der Waals surface area contributed by atoms with Crippen molar-refractivity contribution in [3.05, 3.63) is 35.9 Å². The number of benzene rings is 1. The maximum Gasteiger partial charge on any atom is 0.0715 e. The summed E-state index contributed by atoms with van der Waals surface area (Å²) < 4.78 is 1.50. The van der Waals surface area contributed by atoms with E-state index in [2.05, 4.69) is 6.92 Å². The summed E-state index contributed by atoms with van der Waals surface area (Å²) in [7, 11) is 0. The number of unbranched alkanes of at least 4 members (excludes halogenated alkanes) is 9. The van der Waals surface area contributed by atoms with Gasteiger partial charge in [0, 0.05) is 0 Å². The Hall–Kier alpha value is -0.0503. The van der Waals surface area contributed by atoms with Crippen LogP contribution in [0.4, 0.5) is 0 Å². The van der Waals surface area contributed by atoms with Crippen molar-refractivity contribution >= 4 is 41.8 Å². The van der Waals surface area contributed by atoms with Gasteiger partial charge in [0.15, 0.2) is 0 Å². The Kier molecular flexibility index (Phi) is 17.3. The summed E-state index contributed by atoms with van der Waals surface area (Å²) in [5.41, 5.74) is 0.220. The van der Waals surface area contributed by atoms with E-state index in [0.29, 0.717) is 0 Å². The molecule has 1 aromatic carbocycles. The van der Waals surface area contributed by atoms with Crippen molar-refractivity contribution in [3.8, 4) is 0 Å². The van der Waals surface area contributed by atoms with Gasteiger partial charge < -0.3 is 9.90 Å². The van der Waals surface area contributed by atoms with Gasteiger partial charge in [0.2, 0.25) is 0 Å². The fourth-order valence-corrected chi connectivity index (χ4v) is 2.79. The molecule has 0 unspecified atom stereocenters. The van der Waals surface area contributed by atoms with E-state index in [9.17, 15) is 9.90 Å². The van der Waals surface area contributed by atoms with Crippen molar-refractivity contribution in [3.63, 3.8) is 0 Å². The molecule has 0 spiro atoms. The first kappa shape index (κ1) is 21.9. The van der Waals surface area contributed by atoms with E-state index < -0.39 is 5.97 Å². The Labute approximate surface area is 160 Å². The van der Waals surface area contributed by atoms with Gasteiger partial charge in [-0.1, -0.05) is 30.3 Å². The van der Waals surface area contributed by atoms with Crippen LogP contribution in [-0.2, 0) is 0 Å². The Bertz CT molecular complexity index is 342. The molecule has 1 rings (SSSR count). The van der Waals surface area contributed by atoms with E-state index in [-0.39, 0.29) is 5.56 Å². The minimum absolute atomic E-state index is 0.220. The smallest absolute Gasteiger partial charge is 0.0715 e. The quantitative estimate of drug-likeness (QED) is 0.441. The summed E-state index contributed by atoms with van der Waals surface area (Å²) in [6, 6.07) is 8.06. The number of carboxylic acid groups (broad SMARTS) is 1. The number of carbonyl (C=O) groups excluding carboxylic acids is 1. The predicted octanol–water partition coefficient (Wildman–Crippen LogP) is 4.54. The maximum atomic E-state index is 10.1. The third kappa shape index (κ3) is 14.9. The number of carbonyl (C=O) groups is 1. The standard InChI is InChI=1S/C12H25.C7H6O2.Ca/c1-3-5-7-9-11-12-10-8-6-4-2;8-7(9)6-4-2-1-3-5-6;/h1,3-12H2,2H3;1-5H,(H,8,9);/q;;+1/p-1. The molecule has 0 N–H and O–H groups in total.